The van der Waals surface area contributed by atoms with Crippen molar-refractivity contribution in [3.05, 3.63) is 64.8 Å². The van der Waals surface area contributed by atoms with E-state index in [0.717, 1.165) is 0 Å². The minimum absolute atomic E-state index is 0.0462. The minimum Gasteiger partial charge on any atom is -0.322 e. The Hall–Kier alpha value is -1.84. The fraction of sp³-hybridized carbons (Fsp3) is 0.316. The molecule has 2 heterocycles. The lowest BCUT2D eigenvalue weighted by Crippen LogP contribution is -2.21. The molecule has 0 spiro atoms. The smallest absolute Gasteiger partial charge is 0.124 e. The van der Waals surface area contributed by atoms with Crippen molar-refractivity contribution >= 4 is 22.6 Å². The summed E-state index contributed by atoms with van der Waals surface area (Å²) in [7, 11) is 0. The molecule has 3 nitrogen and oxygen atoms in total. The zero-order chi connectivity index (χ0) is 24.5. The Morgan fingerprint density at radius 2 is 1.91 bits per heavy atom. The van der Waals surface area contributed by atoms with E-state index in [-0.39, 0.29) is 30.4 Å². The zero-order valence-corrected chi connectivity index (χ0v) is 12.9. The summed E-state index contributed by atoms with van der Waals surface area (Å²) in [4.78, 5) is 4.72. The summed E-state index contributed by atoms with van der Waals surface area (Å²) in [5.74, 6) is -0.408. The van der Waals surface area contributed by atoms with Gasteiger partial charge in [0, 0.05) is 17.1 Å². The van der Waals surface area contributed by atoms with Gasteiger partial charge in [-0.05, 0) is 55.6 Å². The van der Waals surface area contributed by atoms with Gasteiger partial charge in [-0.15, -0.1) is 0 Å². The van der Waals surface area contributed by atoms with Crippen LogP contribution in [0.15, 0.2) is 48.4 Å². The lowest BCUT2D eigenvalue weighted by atomic mass is 10.2. The number of halogens is 1. The van der Waals surface area contributed by atoms with Gasteiger partial charge in [-0.25, -0.2) is 4.98 Å². The van der Waals surface area contributed by atoms with E-state index in [1.54, 1.807) is 24.3 Å². The molecule has 0 aliphatic carbocycles. The molecule has 0 saturated carbocycles. The van der Waals surface area contributed by atoms with Crippen LogP contribution in [0, 0.1) is 0 Å². The van der Waals surface area contributed by atoms with Gasteiger partial charge in [0.2, 0.25) is 0 Å². The monoisotopic (exact) mass is 335 g/mol. The minimum atomic E-state index is -2.78. The Bertz CT molecular complexity index is 1220. The largest absolute Gasteiger partial charge is 0.322 e. The maximum Gasteiger partial charge on any atom is 0.124 e. The average molecular weight is 336 g/mol. The first-order valence-corrected chi connectivity index (χ1v) is 7.58. The van der Waals surface area contributed by atoms with Crippen LogP contribution in [0.2, 0.25) is 5.02 Å². The average Bonchev–Trinajstić information content (AvgIpc) is 3.21. The molecule has 0 unspecified atom stereocenters. The Balaban J connectivity index is 2.02. The molecule has 23 heavy (non-hydrogen) atoms. The molecule has 4 heteroatoms. The van der Waals surface area contributed by atoms with Crippen LogP contribution >= 0.6 is 11.6 Å². The van der Waals surface area contributed by atoms with Crippen molar-refractivity contribution in [2.45, 2.75) is 25.9 Å². The van der Waals surface area contributed by atoms with E-state index in [9.17, 15) is 0 Å². The maximum absolute atomic E-state index is 8.79. The molecule has 0 atom stereocenters. The number of likely N-dealkylation sites (tertiary alicyclic amines) is 1. The predicted molar refractivity (Wildman–Crippen MR) is 94.8 cm³/mol. The van der Waals surface area contributed by atoms with Crippen molar-refractivity contribution in [2.75, 3.05) is 13.0 Å². The van der Waals surface area contributed by atoms with Crippen molar-refractivity contribution in [3.63, 3.8) is 0 Å². The van der Waals surface area contributed by atoms with Gasteiger partial charge in [0.05, 0.1) is 25.8 Å². The van der Waals surface area contributed by atoms with E-state index >= 15 is 0 Å². The van der Waals surface area contributed by atoms with Crippen molar-refractivity contribution in [1.29, 1.82) is 0 Å². The summed E-state index contributed by atoms with van der Waals surface area (Å²) in [6.45, 7) is -7.46. The topological polar surface area (TPSA) is 21.1 Å². The third kappa shape index (κ3) is 3.12. The van der Waals surface area contributed by atoms with Crippen LogP contribution in [0.25, 0.3) is 11.0 Å². The van der Waals surface area contributed by atoms with Crippen LogP contribution in [0.5, 0.6) is 0 Å². The van der Waals surface area contributed by atoms with Crippen molar-refractivity contribution < 1.29 is 13.7 Å². The molecule has 1 fully saturated rings. The summed E-state index contributed by atoms with van der Waals surface area (Å²) < 4.78 is 84.4. The quantitative estimate of drug-likeness (QED) is 0.707. The van der Waals surface area contributed by atoms with E-state index < -0.39 is 49.5 Å². The molecule has 1 saturated heterocycles. The number of aromatic nitrogens is 2. The number of nitrogens with zero attached hydrogens (tertiary/aromatic N) is 3. The first-order valence-electron chi connectivity index (χ1n) is 12.2. The highest BCUT2D eigenvalue weighted by Gasteiger charge is 2.17. The zero-order valence-electron chi connectivity index (χ0n) is 22.2. The van der Waals surface area contributed by atoms with Gasteiger partial charge in [-0.1, -0.05) is 35.8 Å². The molecule has 1 aliphatic heterocycles. The fourth-order valence-corrected chi connectivity index (χ4v) is 2.56. The van der Waals surface area contributed by atoms with Gasteiger partial charge < -0.3 is 4.57 Å². The third-order valence-corrected chi connectivity index (χ3v) is 3.77. The number of fused-ring (bicyclic) bond motifs is 1. The Morgan fingerprint density at radius 3 is 2.70 bits per heavy atom. The van der Waals surface area contributed by atoms with Gasteiger partial charge in [-0.2, -0.15) is 0 Å². The molecule has 0 radical (unpaired) electrons. The van der Waals surface area contributed by atoms with Crippen LogP contribution in [0.3, 0.4) is 0 Å². The third-order valence-electron chi connectivity index (χ3n) is 3.52. The molecular weight excluding hydrogens is 306 g/mol. The molecule has 3 aromatic rings. The Kier molecular flexibility index (Phi) is 2.03. The summed E-state index contributed by atoms with van der Waals surface area (Å²) >= 11 is 5.96. The molecule has 1 aliphatic rings. The molecule has 0 N–H and O–H groups in total. The van der Waals surface area contributed by atoms with Gasteiger partial charge >= 0.3 is 0 Å². The second kappa shape index (κ2) is 6.34. The second-order valence-electron chi connectivity index (χ2n) is 5.11. The van der Waals surface area contributed by atoms with Gasteiger partial charge in [0.15, 0.2) is 0 Å². The van der Waals surface area contributed by atoms with E-state index in [1.807, 2.05) is 0 Å². The van der Waals surface area contributed by atoms with E-state index in [2.05, 4.69) is 4.98 Å². The van der Waals surface area contributed by atoms with Crippen molar-refractivity contribution in [2.24, 2.45) is 0 Å². The van der Waals surface area contributed by atoms with Crippen molar-refractivity contribution in [3.8, 4) is 0 Å². The molecular formula is C19H20ClN3. The summed E-state index contributed by atoms with van der Waals surface area (Å²) in [6.07, 6.45) is -0.448. The molecule has 0 amide bonds. The number of hydrogen-bond donors (Lipinski definition) is 0. The van der Waals surface area contributed by atoms with Gasteiger partial charge in [0.25, 0.3) is 0 Å². The molecule has 4 rings (SSSR count). The highest BCUT2D eigenvalue weighted by Crippen LogP contribution is 2.21. The number of benzene rings is 2. The maximum atomic E-state index is 8.79. The Labute approximate surface area is 155 Å². The number of rotatable bonds is 4. The van der Waals surface area contributed by atoms with Crippen LogP contribution < -0.4 is 0 Å². The SMILES string of the molecule is [2H]c1c([2H])c([2H])c2c(nc(C([2H])([2H])N3C([2H])([2H])CCC3([2H])[2H])n2Cc2ccc(Cl)cc2)c1[2H]. The van der Waals surface area contributed by atoms with Crippen LogP contribution in [-0.4, -0.2) is 27.4 Å². The lowest BCUT2D eigenvalue weighted by Gasteiger charge is -2.16. The summed E-state index contributed by atoms with van der Waals surface area (Å²) in [5, 5.41) is 0.477. The Morgan fingerprint density at radius 1 is 1.17 bits per heavy atom. The summed E-state index contributed by atoms with van der Waals surface area (Å²) in [6, 6.07) is 4.69. The molecule has 118 valence electrons. The molecule has 2 aromatic carbocycles. The van der Waals surface area contributed by atoms with Crippen LogP contribution in [0.4, 0.5) is 0 Å². The lowest BCUT2D eigenvalue weighted by molar-refractivity contribution is 0.318. The highest BCUT2D eigenvalue weighted by molar-refractivity contribution is 6.30. The second-order valence-corrected chi connectivity index (χ2v) is 5.55. The number of hydrogen-bond acceptors (Lipinski definition) is 2. The number of para-hydroxylation sites is 2. The van der Waals surface area contributed by atoms with E-state index in [0.29, 0.717) is 15.5 Å². The van der Waals surface area contributed by atoms with Crippen LogP contribution in [0.1, 0.15) is 37.9 Å². The normalized spacial score (nSPS) is 26.8. The standard InChI is InChI=1S/C19H20ClN3/c20-16-9-7-15(8-10-16)13-23-18-6-2-1-5-17(18)21-19(23)14-22-11-3-4-12-22/h1-2,5-10H,3-4,11-14H2/i1D,2D,5D,6D,11D2,12D2,14D2. The van der Waals surface area contributed by atoms with Gasteiger partial charge in [0.1, 0.15) is 5.82 Å². The van der Waals surface area contributed by atoms with E-state index in [1.165, 1.54) is 4.57 Å². The predicted octanol–water partition coefficient (Wildman–Crippen LogP) is 4.33. The summed E-state index contributed by atoms with van der Waals surface area (Å²) in [5.41, 5.74) is 0.417. The van der Waals surface area contributed by atoms with Crippen LogP contribution in [-0.2, 0) is 13.0 Å². The first kappa shape index (κ1) is 7.37. The van der Waals surface area contributed by atoms with E-state index in [4.69, 9.17) is 25.3 Å². The number of imidazole rings is 1. The highest BCUT2D eigenvalue weighted by atomic mass is 35.5. The van der Waals surface area contributed by atoms with Gasteiger partial charge in [-0.3, -0.25) is 4.90 Å². The van der Waals surface area contributed by atoms with Crippen molar-refractivity contribution in [1.82, 2.24) is 14.5 Å². The molecule has 0 bridgehead atoms. The fourth-order valence-electron chi connectivity index (χ4n) is 2.43. The molecule has 1 aromatic heterocycles. The first-order chi connectivity index (χ1) is 15.2.